The number of nitrogens with one attached hydrogen (secondary N) is 1. The first-order chi connectivity index (χ1) is 8.62. The molecule has 2 aliphatic heterocycles. The monoisotopic (exact) mass is 256 g/mol. The molecule has 0 aromatic heterocycles. The number of carbonyl (C=O) groups is 1. The topological polar surface area (TPSA) is 73.6 Å². The summed E-state index contributed by atoms with van der Waals surface area (Å²) in [5.41, 5.74) is 5.43. The molecule has 1 amide bonds. The molecule has 0 aromatic carbocycles. The third kappa shape index (κ3) is 3.22. The average molecular weight is 256 g/mol. The zero-order chi connectivity index (χ0) is 13.0. The normalized spacial score (nSPS) is 26.6. The molecule has 0 saturated carbocycles. The average Bonchev–Trinajstić information content (AvgIpc) is 2.40. The van der Waals surface area contributed by atoms with Crippen molar-refractivity contribution < 1.29 is 14.3 Å². The van der Waals surface area contributed by atoms with Gasteiger partial charge in [-0.3, -0.25) is 4.79 Å². The number of carbonyl (C=O) groups excluding carboxylic acids is 1. The van der Waals surface area contributed by atoms with Gasteiger partial charge in [0.15, 0.2) is 0 Å². The van der Waals surface area contributed by atoms with Crippen LogP contribution in [0, 0.1) is 5.92 Å². The molecule has 2 rings (SSSR count). The predicted octanol–water partition coefficient (Wildman–Crippen LogP) is 0.426. The van der Waals surface area contributed by atoms with E-state index in [1.54, 1.807) is 0 Å². The third-order valence-electron chi connectivity index (χ3n) is 4.17. The number of ether oxygens (including phenoxy) is 2. The van der Waals surface area contributed by atoms with E-state index >= 15 is 0 Å². The number of hydrogen-bond acceptors (Lipinski definition) is 4. The number of nitrogens with two attached hydrogens (primary N) is 1. The largest absolute Gasteiger partial charge is 0.381 e. The van der Waals surface area contributed by atoms with Crippen molar-refractivity contribution >= 4 is 5.91 Å². The number of amides is 1. The third-order valence-corrected chi connectivity index (χ3v) is 4.17. The Morgan fingerprint density at radius 2 is 1.78 bits per heavy atom. The van der Waals surface area contributed by atoms with Crippen molar-refractivity contribution in [3.8, 4) is 0 Å². The quantitative estimate of drug-likeness (QED) is 0.768. The van der Waals surface area contributed by atoms with E-state index < -0.39 is 5.54 Å². The van der Waals surface area contributed by atoms with Gasteiger partial charge in [0, 0.05) is 32.5 Å². The highest BCUT2D eigenvalue weighted by Gasteiger charge is 2.37. The Hall–Kier alpha value is -0.650. The van der Waals surface area contributed by atoms with Crippen LogP contribution in [0.3, 0.4) is 0 Å². The minimum Gasteiger partial charge on any atom is -0.381 e. The molecule has 5 heteroatoms. The second-order valence-corrected chi connectivity index (χ2v) is 5.48. The highest BCUT2D eigenvalue weighted by Crippen LogP contribution is 2.21. The van der Waals surface area contributed by atoms with E-state index in [0.29, 0.717) is 32.0 Å². The van der Waals surface area contributed by atoms with Gasteiger partial charge in [0.05, 0.1) is 5.54 Å². The maximum absolute atomic E-state index is 12.3. The standard InChI is InChI=1S/C13H24N2O3/c1-10(11-2-6-17-7-3-11)15-12(16)13(14)4-8-18-9-5-13/h10-11H,2-9,14H2,1H3,(H,15,16). The summed E-state index contributed by atoms with van der Waals surface area (Å²) in [6.45, 7) is 4.82. The van der Waals surface area contributed by atoms with Crippen molar-refractivity contribution in [2.24, 2.45) is 11.7 Å². The molecule has 0 aromatic rings. The molecule has 0 radical (unpaired) electrons. The minimum absolute atomic E-state index is 0.0233. The van der Waals surface area contributed by atoms with E-state index in [0.717, 1.165) is 26.1 Å². The van der Waals surface area contributed by atoms with Crippen LogP contribution in [-0.4, -0.2) is 43.9 Å². The molecule has 0 bridgehead atoms. The summed E-state index contributed by atoms with van der Waals surface area (Å²) in [7, 11) is 0. The van der Waals surface area contributed by atoms with E-state index in [-0.39, 0.29) is 11.9 Å². The highest BCUT2D eigenvalue weighted by atomic mass is 16.5. The van der Waals surface area contributed by atoms with E-state index in [2.05, 4.69) is 12.2 Å². The van der Waals surface area contributed by atoms with E-state index in [1.807, 2.05) is 0 Å². The Morgan fingerprint density at radius 1 is 1.22 bits per heavy atom. The van der Waals surface area contributed by atoms with Gasteiger partial charge in [0.1, 0.15) is 0 Å². The molecule has 1 atom stereocenters. The summed E-state index contributed by atoms with van der Waals surface area (Å²) in [6.07, 6.45) is 3.25. The summed E-state index contributed by atoms with van der Waals surface area (Å²) >= 11 is 0. The van der Waals surface area contributed by atoms with Gasteiger partial charge >= 0.3 is 0 Å². The Bertz CT molecular complexity index is 284. The van der Waals surface area contributed by atoms with Gasteiger partial charge in [-0.15, -0.1) is 0 Å². The summed E-state index contributed by atoms with van der Waals surface area (Å²) in [5.74, 6) is 0.482. The van der Waals surface area contributed by atoms with E-state index in [1.165, 1.54) is 0 Å². The zero-order valence-electron chi connectivity index (χ0n) is 11.1. The zero-order valence-corrected chi connectivity index (χ0v) is 11.1. The first-order valence-electron chi connectivity index (χ1n) is 6.87. The Morgan fingerprint density at radius 3 is 2.39 bits per heavy atom. The van der Waals surface area contributed by atoms with Gasteiger partial charge in [-0.05, 0) is 38.5 Å². The van der Waals surface area contributed by atoms with Gasteiger partial charge in [0.2, 0.25) is 5.91 Å². The van der Waals surface area contributed by atoms with Crippen molar-refractivity contribution in [1.82, 2.24) is 5.32 Å². The Kier molecular flexibility index (Phi) is 4.59. The molecule has 0 spiro atoms. The van der Waals surface area contributed by atoms with Crippen molar-refractivity contribution in [1.29, 1.82) is 0 Å². The summed E-state index contributed by atoms with van der Waals surface area (Å²) in [6, 6.07) is 0.171. The van der Waals surface area contributed by atoms with Gasteiger partial charge in [-0.1, -0.05) is 0 Å². The molecule has 2 aliphatic rings. The first kappa shape index (κ1) is 13.8. The van der Waals surface area contributed by atoms with Crippen molar-refractivity contribution in [2.75, 3.05) is 26.4 Å². The predicted molar refractivity (Wildman–Crippen MR) is 68.1 cm³/mol. The molecule has 2 saturated heterocycles. The van der Waals surface area contributed by atoms with Crippen molar-refractivity contribution in [3.63, 3.8) is 0 Å². The molecule has 3 N–H and O–H groups in total. The van der Waals surface area contributed by atoms with Crippen molar-refractivity contribution in [2.45, 2.75) is 44.2 Å². The van der Waals surface area contributed by atoms with Gasteiger partial charge in [0.25, 0.3) is 0 Å². The molecular weight excluding hydrogens is 232 g/mol. The second kappa shape index (κ2) is 5.99. The molecule has 5 nitrogen and oxygen atoms in total. The molecule has 1 unspecified atom stereocenters. The van der Waals surface area contributed by atoms with Gasteiger partial charge in [-0.25, -0.2) is 0 Å². The van der Waals surface area contributed by atoms with Crippen LogP contribution < -0.4 is 11.1 Å². The summed E-state index contributed by atoms with van der Waals surface area (Å²) in [5, 5.41) is 3.08. The van der Waals surface area contributed by atoms with Crippen LogP contribution >= 0.6 is 0 Å². The fourth-order valence-electron chi connectivity index (χ4n) is 2.65. The van der Waals surface area contributed by atoms with E-state index in [4.69, 9.17) is 15.2 Å². The Labute approximate surface area is 108 Å². The van der Waals surface area contributed by atoms with Crippen LogP contribution in [0.4, 0.5) is 0 Å². The molecular formula is C13H24N2O3. The lowest BCUT2D eigenvalue weighted by atomic mass is 9.88. The lowest BCUT2D eigenvalue weighted by molar-refractivity contribution is -0.131. The maximum atomic E-state index is 12.3. The van der Waals surface area contributed by atoms with Crippen LogP contribution in [0.25, 0.3) is 0 Å². The summed E-state index contributed by atoms with van der Waals surface area (Å²) in [4.78, 5) is 12.3. The minimum atomic E-state index is -0.738. The van der Waals surface area contributed by atoms with Gasteiger partial charge in [-0.2, -0.15) is 0 Å². The van der Waals surface area contributed by atoms with Crippen LogP contribution in [0.2, 0.25) is 0 Å². The number of hydrogen-bond donors (Lipinski definition) is 2. The van der Waals surface area contributed by atoms with Gasteiger partial charge < -0.3 is 20.5 Å². The molecule has 2 fully saturated rings. The fourth-order valence-corrected chi connectivity index (χ4v) is 2.65. The molecule has 2 heterocycles. The first-order valence-corrected chi connectivity index (χ1v) is 6.87. The van der Waals surface area contributed by atoms with Crippen LogP contribution in [0.15, 0.2) is 0 Å². The fraction of sp³-hybridized carbons (Fsp3) is 0.923. The highest BCUT2D eigenvalue weighted by molar-refractivity contribution is 5.86. The van der Waals surface area contributed by atoms with Crippen LogP contribution in [0.1, 0.15) is 32.6 Å². The van der Waals surface area contributed by atoms with Crippen LogP contribution in [0.5, 0.6) is 0 Å². The van der Waals surface area contributed by atoms with Crippen LogP contribution in [-0.2, 0) is 14.3 Å². The number of rotatable bonds is 3. The second-order valence-electron chi connectivity index (χ2n) is 5.48. The lowest BCUT2D eigenvalue weighted by Crippen LogP contribution is -2.59. The molecule has 104 valence electrons. The summed E-state index contributed by atoms with van der Waals surface area (Å²) < 4.78 is 10.6. The van der Waals surface area contributed by atoms with E-state index in [9.17, 15) is 4.79 Å². The maximum Gasteiger partial charge on any atom is 0.240 e. The lowest BCUT2D eigenvalue weighted by Gasteiger charge is -2.35. The molecule has 18 heavy (non-hydrogen) atoms. The SMILES string of the molecule is CC(NC(=O)C1(N)CCOCC1)C1CCOCC1. The van der Waals surface area contributed by atoms with Crippen molar-refractivity contribution in [3.05, 3.63) is 0 Å². The molecule has 0 aliphatic carbocycles. The Balaban J connectivity index is 1.85. The smallest absolute Gasteiger partial charge is 0.240 e.